The Hall–Kier alpha value is -2.49. The van der Waals surface area contributed by atoms with E-state index in [1.807, 2.05) is 35.2 Å². The van der Waals surface area contributed by atoms with Crippen LogP contribution in [0, 0.1) is 0 Å². The van der Waals surface area contributed by atoms with Crippen molar-refractivity contribution in [2.24, 2.45) is 0 Å². The highest BCUT2D eigenvalue weighted by Gasteiger charge is 2.22. The summed E-state index contributed by atoms with van der Waals surface area (Å²) in [6.45, 7) is 2.36. The van der Waals surface area contributed by atoms with E-state index in [4.69, 9.17) is 5.73 Å². The molecule has 114 valence electrons. The molecule has 0 aromatic heterocycles. The van der Waals surface area contributed by atoms with Gasteiger partial charge in [-0.25, -0.2) is 0 Å². The van der Waals surface area contributed by atoms with Crippen molar-refractivity contribution in [3.8, 4) is 0 Å². The molecule has 0 radical (unpaired) electrons. The van der Waals surface area contributed by atoms with Crippen LogP contribution in [0.5, 0.6) is 0 Å². The third kappa shape index (κ3) is 3.22. The molecule has 0 spiro atoms. The second-order valence-electron chi connectivity index (χ2n) is 5.64. The maximum absolute atomic E-state index is 12.7. The first kappa shape index (κ1) is 14.4. The lowest BCUT2D eigenvalue weighted by atomic mass is 10.1. The van der Waals surface area contributed by atoms with E-state index in [0.717, 1.165) is 31.6 Å². The Morgan fingerprint density at radius 1 is 1.09 bits per heavy atom. The Balaban J connectivity index is 1.79. The van der Waals surface area contributed by atoms with Gasteiger partial charge in [0, 0.05) is 31.0 Å². The molecule has 1 aliphatic rings. The molecule has 1 heterocycles. The predicted octanol–water partition coefficient (Wildman–Crippen LogP) is 3.12. The lowest BCUT2D eigenvalue weighted by Gasteiger charge is -2.19. The second-order valence-corrected chi connectivity index (χ2v) is 5.64. The molecule has 4 nitrogen and oxygen atoms in total. The molecule has 3 rings (SSSR count). The summed E-state index contributed by atoms with van der Waals surface area (Å²) in [5.41, 5.74) is 9.18. The topological polar surface area (TPSA) is 58.4 Å². The molecule has 0 bridgehead atoms. The molecule has 1 saturated heterocycles. The number of anilines is 2. The number of likely N-dealkylation sites (tertiary alicyclic amines) is 1. The van der Waals surface area contributed by atoms with Crippen molar-refractivity contribution in [3.63, 3.8) is 0 Å². The monoisotopic (exact) mass is 295 g/mol. The Morgan fingerprint density at radius 2 is 1.82 bits per heavy atom. The van der Waals surface area contributed by atoms with Crippen LogP contribution in [0.1, 0.15) is 28.8 Å². The molecule has 0 atom stereocenters. The van der Waals surface area contributed by atoms with Crippen LogP contribution >= 0.6 is 0 Å². The summed E-state index contributed by atoms with van der Waals surface area (Å²) in [7, 11) is 0. The maximum Gasteiger partial charge on any atom is 0.256 e. The first-order valence-corrected chi connectivity index (χ1v) is 7.70. The summed E-state index contributed by atoms with van der Waals surface area (Å²) in [6, 6.07) is 15.6. The lowest BCUT2D eigenvalue weighted by Crippen LogP contribution is -2.28. The average molecular weight is 295 g/mol. The number of rotatable bonds is 4. The van der Waals surface area contributed by atoms with Gasteiger partial charge in [-0.05, 0) is 36.6 Å². The van der Waals surface area contributed by atoms with E-state index in [9.17, 15) is 4.79 Å². The third-order valence-corrected chi connectivity index (χ3v) is 3.99. The standard InChI is InChI=1S/C18H21N3O/c19-15-8-9-17(20-13-14-6-2-1-3-7-14)16(12-15)18(22)21-10-4-5-11-21/h1-3,6-9,12,20H,4-5,10-11,13,19H2. The van der Waals surface area contributed by atoms with E-state index in [0.29, 0.717) is 17.8 Å². The van der Waals surface area contributed by atoms with E-state index in [-0.39, 0.29) is 5.91 Å². The van der Waals surface area contributed by atoms with Crippen LogP contribution in [0.3, 0.4) is 0 Å². The normalized spacial score (nSPS) is 14.1. The van der Waals surface area contributed by atoms with Gasteiger partial charge in [-0.3, -0.25) is 4.79 Å². The van der Waals surface area contributed by atoms with Gasteiger partial charge in [0.1, 0.15) is 0 Å². The van der Waals surface area contributed by atoms with E-state index < -0.39 is 0 Å². The van der Waals surface area contributed by atoms with Crippen LogP contribution in [0.25, 0.3) is 0 Å². The zero-order valence-corrected chi connectivity index (χ0v) is 12.6. The number of nitrogens with two attached hydrogens (primary N) is 1. The summed E-state index contributed by atoms with van der Waals surface area (Å²) >= 11 is 0. The number of nitrogens with one attached hydrogen (secondary N) is 1. The van der Waals surface area contributed by atoms with Crippen molar-refractivity contribution in [1.82, 2.24) is 4.90 Å². The fraction of sp³-hybridized carbons (Fsp3) is 0.278. The van der Waals surface area contributed by atoms with Crippen LogP contribution in [0.2, 0.25) is 0 Å². The van der Waals surface area contributed by atoms with Crippen LogP contribution in [0.4, 0.5) is 11.4 Å². The fourth-order valence-electron chi connectivity index (χ4n) is 2.78. The zero-order chi connectivity index (χ0) is 15.4. The maximum atomic E-state index is 12.7. The smallest absolute Gasteiger partial charge is 0.256 e. The number of nitrogen functional groups attached to an aromatic ring is 1. The minimum atomic E-state index is 0.0698. The number of hydrogen-bond acceptors (Lipinski definition) is 3. The average Bonchev–Trinajstić information content (AvgIpc) is 3.08. The van der Waals surface area contributed by atoms with Gasteiger partial charge >= 0.3 is 0 Å². The molecule has 1 aliphatic heterocycles. The summed E-state index contributed by atoms with van der Waals surface area (Å²) in [5, 5.41) is 3.36. The van der Waals surface area contributed by atoms with Crippen LogP contribution in [-0.4, -0.2) is 23.9 Å². The molecule has 3 N–H and O–H groups in total. The Morgan fingerprint density at radius 3 is 2.55 bits per heavy atom. The van der Waals surface area contributed by atoms with Crippen molar-refractivity contribution >= 4 is 17.3 Å². The van der Waals surface area contributed by atoms with Crippen LogP contribution in [-0.2, 0) is 6.54 Å². The highest BCUT2D eigenvalue weighted by Crippen LogP contribution is 2.23. The highest BCUT2D eigenvalue weighted by atomic mass is 16.2. The predicted molar refractivity (Wildman–Crippen MR) is 89.8 cm³/mol. The van der Waals surface area contributed by atoms with E-state index in [2.05, 4.69) is 17.4 Å². The number of carbonyl (C=O) groups is 1. The first-order valence-electron chi connectivity index (χ1n) is 7.70. The van der Waals surface area contributed by atoms with Crippen LogP contribution in [0.15, 0.2) is 48.5 Å². The summed E-state index contributed by atoms with van der Waals surface area (Å²) in [5.74, 6) is 0.0698. The van der Waals surface area contributed by atoms with Gasteiger partial charge in [-0.15, -0.1) is 0 Å². The van der Waals surface area contributed by atoms with Crippen molar-refractivity contribution in [3.05, 3.63) is 59.7 Å². The Bertz CT molecular complexity index is 649. The third-order valence-electron chi connectivity index (χ3n) is 3.99. The summed E-state index contributed by atoms with van der Waals surface area (Å²) < 4.78 is 0. The van der Waals surface area contributed by atoms with E-state index >= 15 is 0 Å². The van der Waals surface area contributed by atoms with Gasteiger partial charge in [0.15, 0.2) is 0 Å². The highest BCUT2D eigenvalue weighted by molar-refractivity contribution is 6.00. The van der Waals surface area contributed by atoms with Gasteiger partial charge in [0.2, 0.25) is 0 Å². The Labute approximate surface area is 130 Å². The summed E-state index contributed by atoms with van der Waals surface area (Å²) in [6.07, 6.45) is 2.17. The largest absolute Gasteiger partial charge is 0.399 e. The number of benzene rings is 2. The molecular formula is C18H21N3O. The van der Waals surface area contributed by atoms with Gasteiger partial charge in [0.25, 0.3) is 5.91 Å². The van der Waals surface area contributed by atoms with Gasteiger partial charge in [-0.2, -0.15) is 0 Å². The first-order chi connectivity index (χ1) is 10.7. The molecule has 0 unspecified atom stereocenters. The molecule has 2 aromatic carbocycles. The van der Waals surface area contributed by atoms with Crippen molar-refractivity contribution in [1.29, 1.82) is 0 Å². The molecule has 1 fully saturated rings. The van der Waals surface area contributed by atoms with Crippen molar-refractivity contribution in [2.75, 3.05) is 24.1 Å². The fourth-order valence-corrected chi connectivity index (χ4v) is 2.78. The minimum Gasteiger partial charge on any atom is -0.399 e. The molecule has 0 aliphatic carbocycles. The van der Waals surface area contributed by atoms with E-state index in [1.54, 1.807) is 6.07 Å². The molecular weight excluding hydrogens is 274 g/mol. The van der Waals surface area contributed by atoms with Gasteiger partial charge in [0.05, 0.1) is 5.56 Å². The SMILES string of the molecule is Nc1ccc(NCc2ccccc2)c(C(=O)N2CCCC2)c1. The van der Waals surface area contributed by atoms with Crippen molar-refractivity contribution in [2.45, 2.75) is 19.4 Å². The number of carbonyl (C=O) groups excluding carboxylic acids is 1. The quantitative estimate of drug-likeness (QED) is 0.852. The molecule has 1 amide bonds. The van der Waals surface area contributed by atoms with Crippen molar-refractivity contribution < 1.29 is 4.79 Å². The summed E-state index contributed by atoms with van der Waals surface area (Å²) in [4.78, 5) is 14.6. The lowest BCUT2D eigenvalue weighted by molar-refractivity contribution is 0.0794. The molecule has 2 aromatic rings. The number of amides is 1. The van der Waals surface area contributed by atoms with Crippen LogP contribution < -0.4 is 11.1 Å². The molecule has 4 heteroatoms. The Kier molecular flexibility index (Phi) is 4.28. The van der Waals surface area contributed by atoms with Gasteiger partial charge < -0.3 is 16.0 Å². The second kappa shape index (κ2) is 6.52. The van der Waals surface area contributed by atoms with Gasteiger partial charge in [-0.1, -0.05) is 30.3 Å². The van der Waals surface area contributed by atoms with E-state index in [1.165, 1.54) is 5.56 Å². The molecule has 22 heavy (non-hydrogen) atoms. The number of hydrogen-bond donors (Lipinski definition) is 2. The molecule has 0 saturated carbocycles. The zero-order valence-electron chi connectivity index (χ0n) is 12.6. The minimum absolute atomic E-state index is 0.0698. The number of nitrogens with zero attached hydrogens (tertiary/aromatic N) is 1.